The predicted molar refractivity (Wildman–Crippen MR) is 77.4 cm³/mol. The Labute approximate surface area is 119 Å². The predicted octanol–water partition coefficient (Wildman–Crippen LogP) is 2.49. The summed E-state index contributed by atoms with van der Waals surface area (Å²) in [6.07, 6.45) is 4.01. The number of hydrogen-bond acceptors (Lipinski definition) is 3. The summed E-state index contributed by atoms with van der Waals surface area (Å²) in [5, 5.41) is 7.11. The lowest BCUT2D eigenvalue weighted by atomic mass is 10.1. The molecular weight excluding hydrogens is 252 g/mol. The van der Waals surface area contributed by atoms with E-state index in [1.807, 2.05) is 45.0 Å². The Morgan fingerprint density at radius 3 is 2.55 bits per heavy atom. The summed E-state index contributed by atoms with van der Waals surface area (Å²) < 4.78 is 1.70. The van der Waals surface area contributed by atoms with E-state index >= 15 is 0 Å². The number of nitrogens with one attached hydrogen (secondary N) is 1. The number of aromatic nitrogens is 3. The number of carbonyl (C=O) groups excluding carboxylic acids is 1. The Morgan fingerprint density at radius 2 is 2.00 bits per heavy atom. The topological polar surface area (TPSA) is 59.8 Å². The first-order chi connectivity index (χ1) is 9.61. The largest absolute Gasteiger partial charge is 0.349 e. The van der Waals surface area contributed by atoms with Crippen molar-refractivity contribution in [3.05, 3.63) is 42.5 Å². The molecule has 1 amide bonds. The monoisotopic (exact) mass is 272 g/mol. The Hall–Kier alpha value is -2.17. The molecule has 1 N–H and O–H groups in total. The van der Waals surface area contributed by atoms with E-state index in [0.717, 1.165) is 17.7 Å². The number of amides is 1. The van der Waals surface area contributed by atoms with Gasteiger partial charge in [-0.15, -0.1) is 0 Å². The minimum Gasteiger partial charge on any atom is -0.349 e. The second-order valence-electron chi connectivity index (χ2n) is 4.97. The molecule has 2 aromatic rings. The van der Waals surface area contributed by atoms with Crippen LogP contribution in [0.15, 0.2) is 36.9 Å². The number of rotatable bonds is 5. The molecule has 0 saturated carbocycles. The van der Waals surface area contributed by atoms with Crippen molar-refractivity contribution in [3.8, 4) is 5.69 Å². The Bertz CT molecular complexity index is 548. The third-order valence-electron chi connectivity index (χ3n) is 3.50. The van der Waals surface area contributed by atoms with Crippen molar-refractivity contribution in [3.63, 3.8) is 0 Å². The van der Waals surface area contributed by atoms with Crippen LogP contribution in [0.5, 0.6) is 0 Å². The Morgan fingerprint density at radius 1 is 1.30 bits per heavy atom. The fraction of sp³-hybridized carbons (Fsp3) is 0.400. The Balaban J connectivity index is 2.04. The summed E-state index contributed by atoms with van der Waals surface area (Å²) in [4.78, 5) is 15.8. The third-order valence-corrected chi connectivity index (χ3v) is 3.50. The zero-order valence-corrected chi connectivity index (χ0v) is 12.1. The van der Waals surface area contributed by atoms with Crippen molar-refractivity contribution < 1.29 is 4.79 Å². The van der Waals surface area contributed by atoms with Gasteiger partial charge in [-0.2, -0.15) is 5.10 Å². The minimum atomic E-state index is 0.00120. The molecule has 1 aromatic heterocycles. The first kappa shape index (κ1) is 14.2. The molecule has 2 rings (SSSR count). The highest BCUT2D eigenvalue weighted by molar-refractivity contribution is 5.78. The van der Waals surface area contributed by atoms with Gasteiger partial charge in [0, 0.05) is 5.92 Å². The van der Waals surface area contributed by atoms with Crippen molar-refractivity contribution >= 4 is 5.91 Å². The zero-order valence-electron chi connectivity index (χ0n) is 12.1. The van der Waals surface area contributed by atoms with Gasteiger partial charge in [0.2, 0.25) is 5.91 Å². The number of nitrogens with zero attached hydrogens (tertiary/aromatic N) is 3. The van der Waals surface area contributed by atoms with Crippen LogP contribution in [-0.4, -0.2) is 20.7 Å². The minimum absolute atomic E-state index is 0.00120. The van der Waals surface area contributed by atoms with E-state index in [1.54, 1.807) is 11.0 Å². The van der Waals surface area contributed by atoms with Gasteiger partial charge in [-0.3, -0.25) is 4.79 Å². The molecule has 0 spiro atoms. The van der Waals surface area contributed by atoms with Gasteiger partial charge in [0.05, 0.1) is 11.7 Å². The summed E-state index contributed by atoms with van der Waals surface area (Å²) in [7, 11) is 0. The summed E-state index contributed by atoms with van der Waals surface area (Å²) in [6.45, 7) is 5.95. The molecule has 106 valence electrons. The molecule has 0 bridgehead atoms. The van der Waals surface area contributed by atoms with Crippen molar-refractivity contribution in [1.82, 2.24) is 20.1 Å². The van der Waals surface area contributed by atoms with Crippen LogP contribution in [0.4, 0.5) is 0 Å². The Kier molecular flexibility index (Phi) is 4.50. The van der Waals surface area contributed by atoms with E-state index in [0.29, 0.717) is 0 Å². The van der Waals surface area contributed by atoms with Crippen LogP contribution in [0.1, 0.15) is 38.8 Å². The van der Waals surface area contributed by atoms with Gasteiger partial charge < -0.3 is 5.32 Å². The SMILES string of the molecule is CCC(C)C(=O)NC(C)c1ccc(-n2cncn2)cc1. The van der Waals surface area contributed by atoms with E-state index in [2.05, 4.69) is 15.4 Å². The van der Waals surface area contributed by atoms with E-state index < -0.39 is 0 Å². The lowest BCUT2D eigenvalue weighted by Gasteiger charge is -2.17. The van der Waals surface area contributed by atoms with E-state index in [9.17, 15) is 4.79 Å². The van der Waals surface area contributed by atoms with Gasteiger partial charge in [0.1, 0.15) is 12.7 Å². The van der Waals surface area contributed by atoms with Crippen LogP contribution >= 0.6 is 0 Å². The number of benzene rings is 1. The number of carbonyl (C=O) groups is 1. The molecule has 1 heterocycles. The molecular formula is C15H20N4O. The molecule has 0 aliphatic carbocycles. The standard InChI is InChI=1S/C15H20N4O/c1-4-11(2)15(20)18-12(3)13-5-7-14(8-6-13)19-10-16-9-17-19/h5-12H,4H2,1-3H3,(H,18,20). The summed E-state index contributed by atoms with van der Waals surface area (Å²) in [5.41, 5.74) is 2.03. The van der Waals surface area contributed by atoms with Crippen molar-refractivity contribution in [2.45, 2.75) is 33.2 Å². The maximum atomic E-state index is 11.9. The summed E-state index contributed by atoms with van der Waals surface area (Å²) in [5.74, 6) is 0.146. The van der Waals surface area contributed by atoms with Gasteiger partial charge in [-0.05, 0) is 31.0 Å². The van der Waals surface area contributed by atoms with Crippen LogP contribution < -0.4 is 5.32 Å². The molecule has 0 aliphatic heterocycles. The molecule has 20 heavy (non-hydrogen) atoms. The van der Waals surface area contributed by atoms with Crippen molar-refractivity contribution in [1.29, 1.82) is 0 Å². The van der Waals surface area contributed by atoms with Crippen LogP contribution in [-0.2, 0) is 4.79 Å². The fourth-order valence-corrected chi connectivity index (χ4v) is 1.88. The lowest BCUT2D eigenvalue weighted by Crippen LogP contribution is -2.31. The lowest BCUT2D eigenvalue weighted by molar-refractivity contribution is -0.125. The second-order valence-corrected chi connectivity index (χ2v) is 4.97. The van der Waals surface area contributed by atoms with Crippen molar-refractivity contribution in [2.24, 2.45) is 5.92 Å². The molecule has 5 nitrogen and oxygen atoms in total. The molecule has 2 unspecified atom stereocenters. The van der Waals surface area contributed by atoms with Crippen LogP contribution in [0, 0.1) is 5.92 Å². The van der Waals surface area contributed by atoms with Crippen LogP contribution in [0.2, 0.25) is 0 Å². The third kappa shape index (κ3) is 3.23. The summed E-state index contributed by atoms with van der Waals surface area (Å²) in [6, 6.07) is 7.93. The number of hydrogen-bond donors (Lipinski definition) is 1. The average molecular weight is 272 g/mol. The van der Waals surface area contributed by atoms with Gasteiger partial charge in [0.25, 0.3) is 0 Å². The van der Waals surface area contributed by atoms with Crippen LogP contribution in [0.3, 0.4) is 0 Å². The fourth-order valence-electron chi connectivity index (χ4n) is 1.88. The molecule has 5 heteroatoms. The molecule has 2 atom stereocenters. The highest BCUT2D eigenvalue weighted by Crippen LogP contribution is 2.16. The highest BCUT2D eigenvalue weighted by Gasteiger charge is 2.14. The molecule has 0 saturated heterocycles. The summed E-state index contributed by atoms with van der Waals surface area (Å²) >= 11 is 0. The smallest absolute Gasteiger partial charge is 0.223 e. The van der Waals surface area contributed by atoms with E-state index in [4.69, 9.17) is 0 Å². The maximum absolute atomic E-state index is 11.9. The first-order valence-corrected chi connectivity index (χ1v) is 6.87. The van der Waals surface area contributed by atoms with Crippen molar-refractivity contribution in [2.75, 3.05) is 0 Å². The maximum Gasteiger partial charge on any atom is 0.223 e. The molecule has 0 radical (unpaired) electrons. The normalized spacial score (nSPS) is 13.8. The first-order valence-electron chi connectivity index (χ1n) is 6.87. The molecule has 1 aromatic carbocycles. The quantitative estimate of drug-likeness (QED) is 0.909. The van der Waals surface area contributed by atoms with Gasteiger partial charge in [-0.1, -0.05) is 26.0 Å². The van der Waals surface area contributed by atoms with Gasteiger partial charge >= 0.3 is 0 Å². The van der Waals surface area contributed by atoms with Crippen LogP contribution in [0.25, 0.3) is 5.69 Å². The molecule has 0 aliphatic rings. The van der Waals surface area contributed by atoms with Gasteiger partial charge in [0.15, 0.2) is 0 Å². The second kappa shape index (κ2) is 6.32. The molecule has 0 fully saturated rings. The van der Waals surface area contributed by atoms with E-state index in [-0.39, 0.29) is 17.9 Å². The average Bonchev–Trinajstić information content (AvgIpc) is 3.00. The van der Waals surface area contributed by atoms with Gasteiger partial charge in [-0.25, -0.2) is 9.67 Å². The highest BCUT2D eigenvalue weighted by atomic mass is 16.1. The van der Waals surface area contributed by atoms with E-state index in [1.165, 1.54) is 6.33 Å². The zero-order chi connectivity index (χ0) is 14.5.